The van der Waals surface area contributed by atoms with Gasteiger partial charge in [-0.05, 0) is 0 Å². The largest absolute Gasteiger partial charge is 0.251 e. The van der Waals surface area contributed by atoms with E-state index in [-0.39, 0.29) is 5.88 Å². The van der Waals surface area contributed by atoms with Gasteiger partial charge in [0.2, 0.25) is 0 Å². The lowest BCUT2D eigenvalue weighted by Gasteiger charge is -2.03. The Kier molecular flexibility index (Phi) is 4.08. The Balaban J connectivity index is 3.14. The van der Waals surface area contributed by atoms with Crippen LogP contribution < -0.4 is 0 Å². The molecule has 0 nitrogen and oxygen atoms in total. The molecule has 0 heterocycles. The Bertz CT molecular complexity index is 50.2. The molecule has 4 heteroatoms. The van der Waals surface area contributed by atoms with Crippen molar-refractivity contribution in [3.05, 3.63) is 0 Å². The first-order valence-electron chi connectivity index (χ1n) is 2.02. The summed E-state index contributed by atoms with van der Waals surface area (Å²) in [7, 11) is 0.479. The molecule has 0 aliphatic carbocycles. The lowest BCUT2D eigenvalue weighted by molar-refractivity contribution is 0.439. The number of hydrogen-bond donors (Lipinski definition) is 0. The molecule has 2 atom stereocenters. The maximum Gasteiger partial charge on any atom is 0.0967 e. The zero-order chi connectivity index (χ0) is 5.86. The summed E-state index contributed by atoms with van der Waals surface area (Å²) in [5, 5.41) is -0.465. The van der Waals surface area contributed by atoms with E-state index in [4.69, 9.17) is 23.2 Å². The highest BCUT2D eigenvalue weighted by Gasteiger charge is 2.09. The number of rotatable bonds is 2. The van der Waals surface area contributed by atoms with E-state index in [1.165, 1.54) is 0 Å². The van der Waals surface area contributed by atoms with Gasteiger partial charge >= 0.3 is 0 Å². The second-order valence-electron chi connectivity index (χ2n) is 1.35. The third kappa shape index (κ3) is 3.32. The first-order valence-corrected chi connectivity index (χ1v) is 4.15. The molecule has 0 bridgehead atoms. The molecule has 0 fully saturated rings. The molecule has 0 aromatic heterocycles. The van der Waals surface area contributed by atoms with Gasteiger partial charge in [-0.3, -0.25) is 4.39 Å². The molecule has 2 unspecified atom stereocenters. The fraction of sp³-hybridized carbons (Fsp3) is 1.00. The van der Waals surface area contributed by atoms with Crippen molar-refractivity contribution in [2.24, 2.45) is 0 Å². The summed E-state index contributed by atoms with van der Waals surface area (Å²) in [5.41, 5.74) is 0. The van der Waals surface area contributed by atoms with Gasteiger partial charge in [-0.2, -0.15) is 0 Å². The summed E-state index contributed by atoms with van der Waals surface area (Å²) < 4.78 is 11.9. The van der Waals surface area contributed by atoms with E-state index >= 15 is 0 Å². The van der Waals surface area contributed by atoms with Crippen LogP contribution in [0.4, 0.5) is 4.39 Å². The van der Waals surface area contributed by atoms with Crippen LogP contribution in [0.15, 0.2) is 0 Å². The smallest absolute Gasteiger partial charge is 0.0967 e. The Morgan fingerprint density at radius 1 is 1.71 bits per heavy atom. The number of halogens is 3. The maximum absolute atomic E-state index is 11.9. The lowest BCUT2D eigenvalue weighted by atomic mass is 10.5. The predicted molar refractivity (Wildman–Crippen MR) is 35.2 cm³/mol. The van der Waals surface area contributed by atoms with E-state index in [1.807, 2.05) is 0 Å². The molecule has 0 radical (unpaired) electrons. The van der Waals surface area contributed by atoms with E-state index in [2.05, 4.69) is 0 Å². The monoisotopic (exact) mass is 160 g/mol. The molecule has 7 heavy (non-hydrogen) atoms. The average Bonchev–Trinajstić information content (AvgIpc) is 1.65. The third-order valence-corrected chi connectivity index (χ3v) is 2.87. The van der Waals surface area contributed by atoms with E-state index in [0.29, 0.717) is 10.2 Å². The molecule has 0 aliphatic heterocycles. The van der Waals surface area contributed by atoms with Crippen molar-refractivity contribution in [2.45, 2.75) is 11.2 Å². The van der Waals surface area contributed by atoms with Gasteiger partial charge in [-0.1, -0.05) is 0 Å². The van der Waals surface area contributed by atoms with Gasteiger partial charge in [0.15, 0.2) is 0 Å². The fourth-order valence-corrected chi connectivity index (χ4v) is 0.903. The molecular weight excluding hydrogens is 154 g/mol. The summed E-state index contributed by atoms with van der Waals surface area (Å²) >= 11 is 10.5. The predicted octanol–water partition coefficient (Wildman–Crippen LogP) is 0.494. The van der Waals surface area contributed by atoms with Crippen molar-refractivity contribution in [1.82, 2.24) is 0 Å². The zero-order valence-electron chi connectivity index (χ0n) is 4.00. The van der Waals surface area contributed by atoms with Crippen molar-refractivity contribution in [3.8, 4) is 0 Å². The van der Waals surface area contributed by atoms with Crippen LogP contribution in [0.1, 0.15) is 0 Å². The Hall–Kier alpha value is 0.727. The molecule has 0 saturated carbocycles. The Morgan fingerprint density at radius 2 is 2.14 bits per heavy atom. The molecular formula is C3H7Cl2FSi. The van der Waals surface area contributed by atoms with Crippen molar-refractivity contribution < 1.29 is 4.39 Å². The molecule has 0 rings (SSSR count). The van der Waals surface area contributed by atoms with Crippen molar-refractivity contribution in [3.63, 3.8) is 0 Å². The van der Waals surface area contributed by atoms with Gasteiger partial charge in [-0.25, -0.2) is 0 Å². The maximum atomic E-state index is 11.9. The number of hydrogen-bond acceptors (Lipinski definition) is 0. The average molecular weight is 161 g/mol. The van der Waals surface area contributed by atoms with Crippen LogP contribution >= 0.6 is 23.2 Å². The highest BCUT2D eigenvalue weighted by molar-refractivity contribution is 6.31. The molecule has 0 saturated heterocycles. The van der Waals surface area contributed by atoms with E-state index in [1.54, 1.807) is 0 Å². The fourth-order valence-electron chi connectivity index (χ4n) is 0.123. The summed E-state index contributed by atoms with van der Waals surface area (Å²) in [6, 6.07) is 0. The summed E-state index contributed by atoms with van der Waals surface area (Å²) in [5.74, 6) is -0.647. The minimum atomic E-state index is -0.862. The van der Waals surface area contributed by atoms with Crippen LogP contribution in [0.5, 0.6) is 0 Å². The van der Waals surface area contributed by atoms with Gasteiger partial charge in [-0.15, -0.1) is 23.2 Å². The lowest BCUT2D eigenvalue weighted by Crippen LogP contribution is -2.16. The van der Waals surface area contributed by atoms with Crippen LogP contribution in [0.2, 0.25) is 0 Å². The van der Waals surface area contributed by atoms with Gasteiger partial charge in [0.05, 0.1) is 11.2 Å². The molecule has 0 N–H and O–H groups in total. The van der Waals surface area contributed by atoms with E-state index in [9.17, 15) is 4.39 Å². The van der Waals surface area contributed by atoms with Gasteiger partial charge < -0.3 is 0 Å². The SMILES string of the molecule is FC([SiH3])C(Cl)CCl. The van der Waals surface area contributed by atoms with Crippen LogP contribution in [-0.2, 0) is 0 Å². The van der Waals surface area contributed by atoms with E-state index in [0.717, 1.165) is 0 Å². The third-order valence-electron chi connectivity index (χ3n) is 0.646. The first-order chi connectivity index (χ1) is 3.18. The van der Waals surface area contributed by atoms with E-state index < -0.39 is 11.2 Å². The molecule has 0 aromatic rings. The Morgan fingerprint density at radius 3 is 2.14 bits per heavy atom. The van der Waals surface area contributed by atoms with Gasteiger partial charge in [0.1, 0.15) is 0 Å². The van der Waals surface area contributed by atoms with Gasteiger partial charge in [0.25, 0.3) is 0 Å². The summed E-state index contributed by atoms with van der Waals surface area (Å²) in [6.45, 7) is 0. The van der Waals surface area contributed by atoms with Crippen LogP contribution in [-0.4, -0.2) is 27.3 Å². The molecule has 0 spiro atoms. The summed E-state index contributed by atoms with van der Waals surface area (Å²) in [4.78, 5) is 0. The van der Waals surface area contributed by atoms with Crippen molar-refractivity contribution in [1.29, 1.82) is 0 Å². The van der Waals surface area contributed by atoms with Crippen LogP contribution in [0.3, 0.4) is 0 Å². The number of alkyl halides is 3. The Labute approximate surface area is 55.4 Å². The van der Waals surface area contributed by atoms with Gasteiger partial charge in [0, 0.05) is 16.1 Å². The summed E-state index contributed by atoms with van der Waals surface area (Å²) in [6.07, 6.45) is 0. The second-order valence-corrected chi connectivity index (χ2v) is 3.32. The molecule has 44 valence electrons. The minimum Gasteiger partial charge on any atom is -0.251 e. The van der Waals surface area contributed by atoms with Crippen LogP contribution in [0, 0.1) is 0 Å². The first kappa shape index (κ1) is 7.73. The van der Waals surface area contributed by atoms with Crippen LogP contribution in [0.25, 0.3) is 0 Å². The molecule has 0 aliphatic rings. The minimum absolute atomic E-state index is 0.215. The van der Waals surface area contributed by atoms with Crippen molar-refractivity contribution >= 4 is 33.4 Å². The molecule has 0 amide bonds. The standard InChI is InChI=1S/C3H7Cl2FSi/c4-1-2(5)3(6)7/h2-3H,1H2,7H3. The topological polar surface area (TPSA) is 0 Å². The molecule has 0 aromatic carbocycles. The zero-order valence-corrected chi connectivity index (χ0v) is 7.51. The van der Waals surface area contributed by atoms with Crippen molar-refractivity contribution in [2.75, 3.05) is 5.88 Å². The quantitative estimate of drug-likeness (QED) is 0.408. The normalized spacial score (nSPS) is 19.3. The second kappa shape index (κ2) is 3.70. The highest BCUT2D eigenvalue weighted by Crippen LogP contribution is 2.04. The highest BCUT2D eigenvalue weighted by atomic mass is 35.5.